The van der Waals surface area contributed by atoms with E-state index in [0.29, 0.717) is 40.5 Å². The second-order valence-electron chi connectivity index (χ2n) is 5.96. The lowest BCUT2D eigenvalue weighted by Crippen LogP contribution is -2.30. The van der Waals surface area contributed by atoms with Gasteiger partial charge in [0.15, 0.2) is 11.5 Å². The molecule has 0 fully saturated rings. The van der Waals surface area contributed by atoms with E-state index in [1.54, 1.807) is 38.3 Å². The first-order valence-electron chi connectivity index (χ1n) is 7.98. The molecule has 1 aromatic heterocycles. The van der Waals surface area contributed by atoms with Gasteiger partial charge in [0.05, 0.1) is 7.11 Å². The lowest BCUT2D eigenvalue weighted by atomic mass is 10.0. The van der Waals surface area contributed by atoms with Gasteiger partial charge in [0.25, 0.3) is 0 Å². The van der Waals surface area contributed by atoms with Crippen molar-refractivity contribution in [2.24, 2.45) is 0 Å². The highest BCUT2D eigenvalue weighted by Crippen LogP contribution is 2.36. The average molecular weight is 349 g/mol. The minimum atomic E-state index is -1.19. The van der Waals surface area contributed by atoms with Crippen LogP contribution in [0, 0.1) is 0 Å². The summed E-state index contributed by atoms with van der Waals surface area (Å²) in [5, 5.41) is 3.19. The number of ether oxygens (including phenoxy) is 3. The number of benzene rings is 2. The first-order valence-corrected chi connectivity index (χ1v) is 7.98. The number of fused-ring (bicyclic) bond motifs is 2. The number of halogens is 1. The summed E-state index contributed by atoms with van der Waals surface area (Å²) in [4.78, 5) is 0. The monoisotopic (exact) mass is 349 g/mol. The Balaban J connectivity index is 0.00000196. The SMILES string of the molecule is COc1cc2ooc2cc1CNC(C)C(F)c1ccc2c(c1)OCO2.[HH]. The molecule has 6 nitrogen and oxygen atoms in total. The first kappa shape index (κ1) is 15.8. The molecule has 0 saturated carbocycles. The van der Waals surface area contributed by atoms with E-state index in [2.05, 4.69) is 5.32 Å². The summed E-state index contributed by atoms with van der Waals surface area (Å²) in [5.41, 5.74) is 2.70. The van der Waals surface area contributed by atoms with Crippen molar-refractivity contribution >= 4 is 11.2 Å². The van der Waals surface area contributed by atoms with Crippen molar-refractivity contribution < 1.29 is 29.2 Å². The van der Waals surface area contributed by atoms with Crippen molar-refractivity contribution in [2.75, 3.05) is 13.9 Å². The third-order valence-electron chi connectivity index (χ3n) is 4.34. The predicted octanol–water partition coefficient (Wildman–Crippen LogP) is 4.20. The summed E-state index contributed by atoms with van der Waals surface area (Å²) in [6, 6.07) is 8.30. The van der Waals surface area contributed by atoms with Gasteiger partial charge in [-0.15, -0.1) is 0 Å². The van der Waals surface area contributed by atoms with Crippen molar-refractivity contribution in [3.05, 3.63) is 41.5 Å². The Morgan fingerprint density at radius 3 is 2.68 bits per heavy atom. The zero-order valence-electron chi connectivity index (χ0n) is 13.9. The summed E-state index contributed by atoms with van der Waals surface area (Å²) in [5.74, 6) is 1.89. The van der Waals surface area contributed by atoms with Gasteiger partial charge >= 0.3 is 0 Å². The fourth-order valence-electron chi connectivity index (χ4n) is 2.85. The van der Waals surface area contributed by atoms with Crippen LogP contribution in [0.4, 0.5) is 4.39 Å². The summed E-state index contributed by atoms with van der Waals surface area (Å²) < 4.78 is 40.5. The number of hydrogen-bond donors (Lipinski definition) is 1. The summed E-state index contributed by atoms with van der Waals surface area (Å²) >= 11 is 0. The number of hydrogen-bond acceptors (Lipinski definition) is 6. The molecule has 0 aliphatic carbocycles. The van der Waals surface area contributed by atoms with E-state index in [4.69, 9.17) is 23.4 Å². The van der Waals surface area contributed by atoms with Crippen LogP contribution in [0.25, 0.3) is 11.2 Å². The molecule has 0 spiro atoms. The van der Waals surface area contributed by atoms with Gasteiger partial charge in [0.2, 0.25) is 18.0 Å². The van der Waals surface area contributed by atoms with E-state index in [1.807, 2.05) is 6.07 Å². The lowest BCUT2D eigenvalue weighted by molar-refractivity contribution is 0.0585. The van der Waals surface area contributed by atoms with Crippen molar-refractivity contribution in [2.45, 2.75) is 25.7 Å². The maximum atomic E-state index is 14.8. The van der Waals surface area contributed by atoms with Crippen LogP contribution in [-0.4, -0.2) is 19.9 Å². The van der Waals surface area contributed by atoms with E-state index in [9.17, 15) is 4.39 Å². The highest BCUT2D eigenvalue weighted by atomic mass is 19.1. The molecule has 1 N–H and O–H groups in total. The largest absolute Gasteiger partial charge is 0.496 e. The van der Waals surface area contributed by atoms with Gasteiger partial charge in [0.1, 0.15) is 11.9 Å². The summed E-state index contributed by atoms with van der Waals surface area (Å²) in [6.45, 7) is 2.40. The van der Waals surface area contributed by atoms with Gasteiger partial charge in [-0.3, -0.25) is 9.15 Å². The Bertz CT molecular complexity index is 893. The Hall–Kier alpha value is -2.67. The Morgan fingerprint density at radius 2 is 1.92 bits per heavy atom. The van der Waals surface area contributed by atoms with E-state index < -0.39 is 12.2 Å². The van der Waals surface area contributed by atoms with Gasteiger partial charge in [-0.25, -0.2) is 4.39 Å². The molecule has 7 heteroatoms. The molecule has 134 valence electrons. The molecule has 2 heterocycles. The Kier molecular flexibility index (Phi) is 4.01. The predicted molar refractivity (Wildman–Crippen MR) is 89.9 cm³/mol. The molecular weight excluding hydrogens is 329 g/mol. The molecule has 2 aromatic carbocycles. The van der Waals surface area contributed by atoms with E-state index >= 15 is 0 Å². The zero-order valence-corrected chi connectivity index (χ0v) is 13.9. The van der Waals surface area contributed by atoms with Crippen LogP contribution in [0.1, 0.15) is 25.6 Å². The van der Waals surface area contributed by atoms with E-state index in [1.165, 1.54) is 0 Å². The maximum Gasteiger partial charge on any atom is 0.231 e. The smallest absolute Gasteiger partial charge is 0.231 e. The number of methoxy groups -OCH3 is 1. The van der Waals surface area contributed by atoms with Crippen LogP contribution in [0.3, 0.4) is 0 Å². The van der Waals surface area contributed by atoms with Crippen molar-refractivity contribution in [3.8, 4) is 17.2 Å². The van der Waals surface area contributed by atoms with Crippen LogP contribution in [-0.2, 0) is 6.54 Å². The Labute approximate surface area is 144 Å². The molecule has 2 unspecified atom stereocenters. The average Bonchev–Trinajstić information content (AvgIpc) is 3.08. The first-order chi connectivity index (χ1) is 12.2. The molecule has 0 bridgehead atoms. The van der Waals surface area contributed by atoms with Crippen LogP contribution >= 0.6 is 0 Å². The second kappa shape index (κ2) is 6.33. The van der Waals surface area contributed by atoms with Crippen LogP contribution in [0.2, 0.25) is 0 Å². The standard InChI is InChI=1S/C18H18FNO5.H2/c1-10(18(19)11-3-4-13-15(5-11)23-9-22-13)20-8-12-6-16-17(25-24-16)7-14(12)21-2;/h3-7,10,18,20H,8-9H2,1-2H3;1H. The molecule has 0 radical (unpaired) electrons. The zero-order chi connectivity index (χ0) is 17.4. The Morgan fingerprint density at radius 1 is 1.16 bits per heavy atom. The molecule has 25 heavy (non-hydrogen) atoms. The van der Waals surface area contributed by atoms with Gasteiger partial charge in [-0.05, 0) is 30.7 Å². The fraction of sp³-hybridized carbons (Fsp3) is 0.333. The highest BCUT2D eigenvalue weighted by molar-refractivity contribution is 5.74. The van der Waals surface area contributed by atoms with Crippen molar-refractivity contribution in [1.82, 2.24) is 5.32 Å². The summed E-state index contributed by atoms with van der Waals surface area (Å²) in [7, 11) is 1.58. The molecule has 1 aliphatic rings. The second-order valence-corrected chi connectivity index (χ2v) is 5.96. The van der Waals surface area contributed by atoms with Gasteiger partial charge in [-0.1, -0.05) is 6.07 Å². The quantitative estimate of drug-likeness (QED) is 0.673. The topological polar surface area (TPSA) is 66.0 Å². The van der Waals surface area contributed by atoms with Gasteiger partial charge < -0.3 is 19.5 Å². The van der Waals surface area contributed by atoms with Crippen LogP contribution in [0.5, 0.6) is 17.2 Å². The molecule has 0 saturated heterocycles. The third-order valence-corrected chi connectivity index (χ3v) is 4.34. The molecule has 4 rings (SSSR count). The maximum absolute atomic E-state index is 14.8. The van der Waals surface area contributed by atoms with Crippen LogP contribution < -0.4 is 19.5 Å². The molecule has 1 aliphatic heterocycles. The summed E-state index contributed by atoms with van der Waals surface area (Å²) in [6.07, 6.45) is -1.19. The third kappa shape index (κ3) is 2.91. The number of nitrogens with one attached hydrogen (secondary N) is 1. The lowest BCUT2D eigenvalue weighted by Gasteiger charge is -2.20. The van der Waals surface area contributed by atoms with E-state index in [-0.39, 0.29) is 8.22 Å². The van der Waals surface area contributed by atoms with Gasteiger partial charge in [-0.2, -0.15) is 0 Å². The van der Waals surface area contributed by atoms with Gasteiger partial charge in [0, 0.05) is 25.6 Å². The fourth-order valence-corrected chi connectivity index (χ4v) is 2.85. The minimum Gasteiger partial charge on any atom is -0.496 e. The highest BCUT2D eigenvalue weighted by Gasteiger charge is 2.22. The minimum absolute atomic E-state index is 0. The van der Waals surface area contributed by atoms with Crippen molar-refractivity contribution in [3.63, 3.8) is 0 Å². The molecule has 2 atom stereocenters. The molecular formula is C18H20FNO5. The van der Waals surface area contributed by atoms with Crippen molar-refractivity contribution in [1.29, 1.82) is 0 Å². The normalized spacial score (nSPS) is 15.5. The molecule has 3 aromatic rings. The number of rotatable bonds is 6. The van der Waals surface area contributed by atoms with E-state index in [0.717, 1.165) is 5.56 Å². The number of alkyl halides is 1. The van der Waals surface area contributed by atoms with Crippen LogP contribution in [0.15, 0.2) is 39.5 Å². The molecule has 0 amide bonds.